The van der Waals surface area contributed by atoms with Crippen molar-refractivity contribution in [2.24, 2.45) is 5.92 Å². The molecule has 0 aliphatic carbocycles. The number of carbonyl (C=O) groups excluding carboxylic acids is 1. The number of rotatable bonds is 3. The van der Waals surface area contributed by atoms with Crippen LogP contribution in [-0.4, -0.2) is 36.5 Å². The van der Waals surface area contributed by atoms with Gasteiger partial charge < -0.3 is 10.2 Å². The van der Waals surface area contributed by atoms with Crippen molar-refractivity contribution >= 4 is 21.8 Å². The molecule has 2 aliphatic rings. The Morgan fingerprint density at radius 2 is 2.14 bits per heavy atom. The maximum atomic E-state index is 12.7. The number of piperidine rings is 1. The van der Waals surface area contributed by atoms with E-state index in [4.69, 9.17) is 0 Å². The van der Waals surface area contributed by atoms with E-state index >= 15 is 0 Å². The fraction of sp³-hybridized carbons (Fsp3) is 0.588. The van der Waals surface area contributed by atoms with Crippen LogP contribution >= 0.6 is 15.9 Å². The van der Waals surface area contributed by atoms with Crippen LogP contribution in [0.3, 0.4) is 0 Å². The number of halogens is 1. The van der Waals surface area contributed by atoms with E-state index in [1.807, 2.05) is 12.1 Å². The van der Waals surface area contributed by atoms with Crippen molar-refractivity contribution in [3.63, 3.8) is 0 Å². The van der Waals surface area contributed by atoms with E-state index in [2.05, 4.69) is 45.2 Å². The van der Waals surface area contributed by atoms with Gasteiger partial charge in [0.25, 0.3) is 0 Å². The molecule has 1 amide bonds. The first-order chi connectivity index (χ1) is 10.1. The van der Waals surface area contributed by atoms with Gasteiger partial charge in [0, 0.05) is 36.6 Å². The molecule has 3 unspecified atom stereocenters. The molecular formula is C17H23BrN2O. The van der Waals surface area contributed by atoms with Crippen molar-refractivity contribution in [2.75, 3.05) is 19.6 Å². The van der Waals surface area contributed by atoms with Gasteiger partial charge in [0.1, 0.15) is 0 Å². The average molecular weight is 351 g/mol. The zero-order valence-corrected chi connectivity index (χ0v) is 14.1. The minimum atomic E-state index is 0.278. The van der Waals surface area contributed by atoms with Gasteiger partial charge in [0.2, 0.25) is 5.91 Å². The van der Waals surface area contributed by atoms with Crippen molar-refractivity contribution in [1.29, 1.82) is 0 Å². The van der Waals surface area contributed by atoms with Gasteiger partial charge in [-0.15, -0.1) is 0 Å². The molecule has 3 rings (SSSR count). The lowest BCUT2D eigenvalue weighted by atomic mass is 9.90. The number of hydrogen-bond donors (Lipinski definition) is 1. The third-order valence-corrected chi connectivity index (χ3v) is 5.45. The summed E-state index contributed by atoms with van der Waals surface area (Å²) in [7, 11) is 0. The second-order valence-corrected chi connectivity index (χ2v) is 7.29. The highest BCUT2D eigenvalue weighted by molar-refractivity contribution is 9.10. The number of likely N-dealkylation sites (tertiary alicyclic amines) is 1. The molecular weight excluding hydrogens is 328 g/mol. The second kappa shape index (κ2) is 6.49. The molecule has 3 nitrogen and oxygen atoms in total. The number of hydrogen-bond acceptors (Lipinski definition) is 2. The summed E-state index contributed by atoms with van der Waals surface area (Å²) in [6, 6.07) is 8.75. The molecule has 2 fully saturated rings. The minimum absolute atomic E-state index is 0.278. The molecule has 2 aliphatic heterocycles. The molecule has 2 saturated heterocycles. The first-order valence-corrected chi connectivity index (χ1v) is 8.70. The van der Waals surface area contributed by atoms with Gasteiger partial charge in [-0.25, -0.2) is 0 Å². The topological polar surface area (TPSA) is 32.3 Å². The van der Waals surface area contributed by atoms with Crippen molar-refractivity contribution in [3.8, 4) is 0 Å². The highest BCUT2D eigenvalue weighted by Crippen LogP contribution is 2.29. The molecule has 1 N–H and O–H groups in total. The molecule has 1 aromatic rings. The van der Waals surface area contributed by atoms with E-state index in [0.29, 0.717) is 24.3 Å². The van der Waals surface area contributed by atoms with Gasteiger partial charge in [-0.1, -0.05) is 35.0 Å². The lowest BCUT2D eigenvalue weighted by Crippen LogP contribution is -2.48. The zero-order chi connectivity index (χ0) is 14.8. The summed E-state index contributed by atoms with van der Waals surface area (Å²) in [6.07, 6.45) is 3.04. The minimum Gasteiger partial charge on any atom is -0.338 e. The molecule has 0 aromatic heterocycles. The quantitative estimate of drug-likeness (QED) is 0.907. The van der Waals surface area contributed by atoms with Crippen LogP contribution in [-0.2, 0) is 4.79 Å². The predicted molar refractivity (Wildman–Crippen MR) is 88.3 cm³/mol. The summed E-state index contributed by atoms with van der Waals surface area (Å²) in [5, 5.41) is 3.44. The Balaban J connectivity index is 1.64. The molecule has 0 radical (unpaired) electrons. The average Bonchev–Trinajstić information content (AvgIpc) is 2.96. The summed E-state index contributed by atoms with van der Waals surface area (Å²) >= 11 is 3.46. The largest absolute Gasteiger partial charge is 0.338 e. The van der Waals surface area contributed by atoms with Crippen LogP contribution in [0.1, 0.15) is 37.7 Å². The molecule has 3 atom stereocenters. The van der Waals surface area contributed by atoms with E-state index < -0.39 is 0 Å². The lowest BCUT2D eigenvalue weighted by molar-refractivity contribution is -0.135. The van der Waals surface area contributed by atoms with Crippen molar-refractivity contribution in [3.05, 3.63) is 34.3 Å². The molecule has 0 saturated carbocycles. The Hall–Kier alpha value is -0.870. The SMILES string of the molecule is CC(CC(=O)N1CCCC2CNCC21)c1ccc(Br)cc1. The van der Waals surface area contributed by atoms with Gasteiger partial charge in [-0.2, -0.15) is 0 Å². The zero-order valence-electron chi connectivity index (χ0n) is 12.5. The van der Waals surface area contributed by atoms with Crippen LogP contribution in [0.2, 0.25) is 0 Å². The Kier molecular flexibility index (Phi) is 4.65. The van der Waals surface area contributed by atoms with Gasteiger partial charge in [0.15, 0.2) is 0 Å². The molecule has 0 bridgehead atoms. The molecule has 2 heterocycles. The van der Waals surface area contributed by atoms with E-state index in [9.17, 15) is 4.79 Å². The maximum Gasteiger partial charge on any atom is 0.223 e. The Labute approximate surface area is 135 Å². The molecule has 21 heavy (non-hydrogen) atoms. The Bertz CT molecular complexity index is 502. The summed E-state index contributed by atoms with van der Waals surface area (Å²) in [6.45, 7) is 5.14. The number of amides is 1. The van der Waals surface area contributed by atoms with E-state index in [-0.39, 0.29) is 5.92 Å². The summed E-state index contributed by atoms with van der Waals surface area (Å²) in [4.78, 5) is 14.8. The number of carbonyl (C=O) groups is 1. The first-order valence-electron chi connectivity index (χ1n) is 7.91. The summed E-state index contributed by atoms with van der Waals surface area (Å²) < 4.78 is 1.08. The van der Waals surface area contributed by atoms with Gasteiger partial charge >= 0.3 is 0 Å². The van der Waals surface area contributed by atoms with Gasteiger partial charge in [0.05, 0.1) is 0 Å². The highest BCUT2D eigenvalue weighted by Gasteiger charge is 2.37. The second-order valence-electron chi connectivity index (χ2n) is 6.37. The highest BCUT2D eigenvalue weighted by atomic mass is 79.9. The molecule has 1 aromatic carbocycles. The number of benzene rings is 1. The van der Waals surface area contributed by atoms with Gasteiger partial charge in [-0.3, -0.25) is 4.79 Å². The molecule has 4 heteroatoms. The van der Waals surface area contributed by atoms with E-state index in [1.54, 1.807) is 0 Å². The third kappa shape index (κ3) is 3.32. The number of nitrogens with one attached hydrogen (secondary N) is 1. The normalized spacial score (nSPS) is 26.5. The van der Waals surface area contributed by atoms with Crippen LogP contribution in [0.4, 0.5) is 0 Å². The van der Waals surface area contributed by atoms with Crippen molar-refractivity contribution in [1.82, 2.24) is 10.2 Å². The number of fused-ring (bicyclic) bond motifs is 1. The molecule has 0 spiro atoms. The fourth-order valence-electron chi connectivity index (χ4n) is 3.67. The van der Waals surface area contributed by atoms with Crippen LogP contribution < -0.4 is 5.32 Å². The van der Waals surface area contributed by atoms with Crippen LogP contribution in [0.25, 0.3) is 0 Å². The Morgan fingerprint density at radius 1 is 1.38 bits per heavy atom. The predicted octanol–water partition coefficient (Wildman–Crippen LogP) is 3.15. The van der Waals surface area contributed by atoms with Crippen LogP contribution in [0.5, 0.6) is 0 Å². The van der Waals surface area contributed by atoms with Gasteiger partial charge in [-0.05, 0) is 42.4 Å². The summed E-state index contributed by atoms with van der Waals surface area (Å²) in [5.74, 6) is 1.27. The van der Waals surface area contributed by atoms with E-state index in [0.717, 1.165) is 30.5 Å². The lowest BCUT2D eigenvalue weighted by Gasteiger charge is -2.37. The summed E-state index contributed by atoms with van der Waals surface area (Å²) in [5.41, 5.74) is 1.24. The van der Waals surface area contributed by atoms with Crippen LogP contribution in [0, 0.1) is 5.92 Å². The maximum absolute atomic E-state index is 12.7. The standard InChI is InChI=1S/C17H23BrN2O/c1-12(13-4-6-15(18)7-5-13)9-17(21)20-8-2-3-14-10-19-11-16(14)20/h4-7,12,14,16,19H,2-3,8-11H2,1H3. The van der Waals surface area contributed by atoms with Crippen LogP contribution in [0.15, 0.2) is 28.7 Å². The first kappa shape index (κ1) is 15.0. The third-order valence-electron chi connectivity index (χ3n) is 4.92. The van der Waals surface area contributed by atoms with Crippen molar-refractivity contribution in [2.45, 2.75) is 38.1 Å². The van der Waals surface area contributed by atoms with E-state index in [1.165, 1.54) is 12.0 Å². The Morgan fingerprint density at radius 3 is 2.90 bits per heavy atom. The molecule has 114 valence electrons. The smallest absolute Gasteiger partial charge is 0.223 e. The number of nitrogens with zero attached hydrogens (tertiary/aromatic N) is 1. The van der Waals surface area contributed by atoms with Crippen molar-refractivity contribution < 1.29 is 4.79 Å². The fourth-order valence-corrected chi connectivity index (χ4v) is 3.93. The monoisotopic (exact) mass is 350 g/mol.